The van der Waals surface area contributed by atoms with E-state index in [-0.39, 0.29) is 6.04 Å². The van der Waals surface area contributed by atoms with Crippen LogP contribution in [0.2, 0.25) is 0 Å². The van der Waals surface area contributed by atoms with Gasteiger partial charge in [-0.1, -0.05) is 32.0 Å². The van der Waals surface area contributed by atoms with Crippen molar-refractivity contribution < 1.29 is 4.74 Å². The fourth-order valence-corrected chi connectivity index (χ4v) is 2.64. The molecule has 1 heterocycles. The molecule has 2 nitrogen and oxygen atoms in total. The molecule has 0 aliphatic carbocycles. The van der Waals surface area contributed by atoms with Crippen LogP contribution >= 0.6 is 0 Å². The van der Waals surface area contributed by atoms with Gasteiger partial charge in [-0.2, -0.15) is 0 Å². The zero-order chi connectivity index (χ0) is 12.3. The van der Waals surface area contributed by atoms with Crippen molar-refractivity contribution in [3.63, 3.8) is 0 Å². The first-order chi connectivity index (χ1) is 8.26. The molecule has 2 rings (SSSR count). The SMILES string of the molecule is CCc1ccc(C(N)C2CCOC2)cc1CC. The van der Waals surface area contributed by atoms with Gasteiger partial charge in [0, 0.05) is 18.6 Å². The highest BCUT2D eigenvalue weighted by molar-refractivity contribution is 5.34. The van der Waals surface area contributed by atoms with Gasteiger partial charge in [-0.3, -0.25) is 0 Å². The van der Waals surface area contributed by atoms with Gasteiger partial charge in [-0.15, -0.1) is 0 Å². The van der Waals surface area contributed by atoms with E-state index in [1.807, 2.05) is 0 Å². The van der Waals surface area contributed by atoms with E-state index in [4.69, 9.17) is 10.5 Å². The Balaban J connectivity index is 2.20. The fourth-order valence-electron chi connectivity index (χ4n) is 2.64. The summed E-state index contributed by atoms with van der Waals surface area (Å²) in [5.74, 6) is 0.493. The third kappa shape index (κ3) is 2.70. The highest BCUT2D eigenvalue weighted by Gasteiger charge is 2.24. The normalized spacial score (nSPS) is 21.7. The lowest BCUT2D eigenvalue weighted by Crippen LogP contribution is -2.21. The molecule has 0 radical (unpaired) electrons. The zero-order valence-corrected chi connectivity index (χ0v) is 10.9. The molecule has 1 aliphatic heterocycles. The molecule has 0 bridgehead atoms. The molecule has 0 aromatic heterocycles. The highest BCUT2D eigenvalue weighted by Crippen LogP contribution is 2.28. The topological polar surface area (TPSA) is 35.2 Å². The van der Waals surface area contributed by atoms with Crippen LogP contribution in [0, 0.1) is 5.92 Å². The van der Waals surface area contributed by atoms with Gasteiger partial charge in [-0.25, -0.2) is 0 Å². The van der Waals surface area contributed by atoms with Crippen molar-refractivity contribution in [2.75, 3.05) is 13.2 Å². The molecule has 2 atom stereocenters. The van der Waals surface area contributed by atoms with E-state index < -0.39 is 0 Å². The third-order valence-electron chi connectivity index (χ3n) is 3.85. The number of ether oxygens (including phenoxy) is 1. The van der Waals surface area contributed by atoms with Crippen molar-refractivity contribution in [2.45, 2.75) is 39.2 Å². The number of aryl methyl sites for hydroxylation is 2. The van der Waals surface area contributed by atoms with Crippen LogP contribution in [0.1, 0.15) is 43.0 Å². The molecule has 0 spiro atoms. The lowest BCUT2D eigenvalue weighted by Gasteiger charge is -2.19. The Morgan fingerprint density at radius 1 is 1.29 bits per heavy atom. The second-order valence-electron chi connectivity index (χ2n) is 4.88. The van der Waals surface area contributed by atoms with Gasteiger partial charge in [0.05, 0.1) is 6.61 Å². The Morgan fingerprint density at radius 2 is 2.06 bits per heavy atom. The molecule has 94 valence electrons. The van der Waals surface area contributed by atoms with Crippen LogP contribution in [0.15, 0.2) is 18.2 Å². The van der Waals surface area contributed by atoms with Gasteiger partial charge in [-0.05, 0) is 36.0 Å². The highest BCUT2D eigenvalue weighted by atomic mass is 16.5. The molecule has 17 heavy (non-hydrogen) atoms. The van der Waals surface area contributed by atoms with E-state index >= 15 is 0 Å². The lowest BCUT2D eigenvalue weighted by molar-refractivity contribution is 0.181. The number of hydrogen-bond donors (Lipinski definition) is 1. The third-order valence-corrected chi connectivity index (χ3v) is 3.85. The molecule has 0 saturated carbocycles. The number of benzene rings is 1. The maximum absolute atomic E-state index is 6.34. The Labute approximate surface area is 104 Å². The van der Waals surface area contributed by atoms with Gasteiger partial charge in [0.1, 0.15) is 0 Å². The van der Waals surface area contributed by atoms with Gasteiger partial charge in [0.25, 0.3) is 0 Å². The largest absolute Gasteiger partial charge is 0.381 e. The second-order valence-corrected chi connectivity index (χ2v) is 4.88. The first kappa shape index (κ1) is 12.6. The summed E-state index contributed by atoms with van der Waals surface area (Å²) in [6, 6.07) is 6.86. The molecule has 2 unspecified atom stereocenters. The number of rotatable bonds is 4. The average Bonchev–Trinajstić information content (AvgIpc) is 2.90. The van der Waals surface area contributed by atoms with Crippen LogP contribution in [-0.2, 0) is 17.6 Å². The maximum Gasteiger partial charge on any atom is 0.0513 e. The van der Waals surface area contributed by atoms with Crippen molar-refractivity contribution >= 4 is 0 Å². The number of hydrogen-bond acceptors (Lipinski definition) is 2. The Hall–Kier alpha value is -0.860. The summed E-state index contributed by atoms with van der Waals surface area (Å²) < 4.78 is 5.42. The van der Waals surface area contributed by atoms with Crippen LogP contribution in [0.5, 0.6) is 0 Å². The van der Waals surface area contributed by atoms with Crippen LogP contribution in [0.25, 0.3) is 0 Å². The maximum atomic E-state index is 6.34. The molecule has 1 aromatic carbocycles. The van der Waals surface area contributed by atoms with E-state index in [2.05, 4.69) is 32.0 Å². The van der Waals surface area contributed by atoms with E-state index in [9.17, 15) is 0 Å². The Kier molecular flexibility index (Phi) is 4.19. The van der Waals surface area contributed by atoms with E-state index in [1.165, 1.54) is 16.7 Å². The van der Waals surface area contributed by atoms with Crippen LogP contribution in [0.3, 0.4) is 0 Å². The molecule has 0 amide bonds. The summed E-state index contributed by atoms with van der Waals surface area (Å²) in [4.78, 5) is 0. The van der Waals surface area contributed by atoms with Gasteiger partial charge >= 0.3 is 0 Å². The van der Waals surface area contributed by atoms with Crippen LogP contribution in [-0.4, -0.2) is 13.2 Å². The quantitative estimate of drug-likeness (QED) is 0.868. The fraction of sp³-hybridized carbons (Fsp3) is 0.600. The van der Waals surface area contributed by atoms with Crippen molar-refractivity contribution in [1.29, 1.82) is 0 Å². The van der Waals surface area contributed by atoms with E-state index in [0.29, 0.717) is 5.92 Å². The van der Waals surface area contributed by atoms with Gasteiger partial charge in [0.2, 0.25) is 0 Å². The smallest absolute Gasteiger partial charge is 0.0513 e. The van der Waals surface area contributed by atoms with E-state index in [0.717, 1.165) is 32.5 Å². The minimum atomic E-state index is 0.133. The minimum absolute atomic E-state index is 0.133. The lowest BCUT2D eigenvalue weighted by atomic mass is 9.90. The van der Waals surface area contributed by atoms with Gasteiger partial charge in [0.15, 0.2) is 0 Å². The average molecular weight is 233 g/mol. The minimum Gasteiger partial charge on any atom is -0.381 e. The molecule has 1 aliphatic rings. The molecule has 2 heteroatoms. The molecular formula is C15H23NO. The first-order valence-electron chi connectivity index (χ1n) is 6.71. The Bertz CT molecular complexity index is 369. The summed E-state index contributed by atoms with van der Waals surface area (Å²) in [6.07, 6.45) is 3.29. The summed E-state index contributed by atoms with van der Waals surface area (Å²) in [7, 11) is 0. The molecule has 1 saturated heterocycles. The van der Waals surface area contributed by atoms with Crippen molar-refractivity contribution in [3.05, 3.63) is 34.9 Å². The molecule has 1 fully saturated rings. The van der Waals surface area contributed by atoms with Crippen molar-refractivity contribution in [3.8, 4) is 0 Å². The van der Waals surface area contributed by atoms with Crippen molar-refractivity contribution in [1.82, 2.24) is 0 Å². The number of nitrogens with two attached hydrogens (primary N) is 1. The van der Waals surface area contributed by atoms with E-state index in [1.54, 1.807) is 0 Å². The summed E-state index contributed by atoms with van der Waals surface area (Å²) in [5.41, 5.74) is 10.5. The Morgan fingerprint density at radius 3 is 2.65 bits per heavy atom. The predicted molar refractivity (Wildman–Crippen MR) is 71.1 cm³/mol. The standard InChI is InChI=1S/C15H23NO/c1-3-11-5-6-13(9-12(11)4-2)15(16)14-7-8-17-10-14/h5-6,9,14-15H,3-4,7-8,10,16H2,1-2H3. The monoisotopic (exact) mass is 233 g/mol. The summed E-state index contributed by atoms with van der Waals surface area (Å²) in [5, 5.41) is 0. The molecular weight excluding hydrogens is 210 g/mol. The van der Waals surface area contributed by atoms with Crippen molar-refractivity contribution in [2.24, 2.45) is 11.7 Å². The molecule has 1 aromatic rings. The van der Waals surface area contributed by atoms with Crippen LogP contribution in [0.4, 0.5) is 0 Å². The predicted octanol–water partition coefficient (Wildman–Crippen LogP) is 2.85. The molecule has 2 N–H and O–H groups in total. The van der Waals surface area contributed by atoms with Gasteiger partial charge < -0.3 is 10.5 Å². The summed E-state index contributed by atoms with van der Waals surface area (Å²) in [6.45, 7) is 6.10. The first-order valence-corrected chi connectivity index (χ1v) is 6.71. The van der Waals surface area contributed by atoms with Crippen LogP contribution < -0.4 is 5.73 Å². The second kappa shape index (κ2) is 5.65. The summed E-state index contributed by atoms with van der Waals surface area (Å²) >= 11 is 0. The zero-order valence-electron chi connectivity index (χ0n) is 10.9.